The summed E-state index contributed by atoms with van der Waals surface area (Å²) in [6.45, 7) is 2.38. The van der Waals surface area contributed by atoms with Crippen molar-refractivity contribution in [1.29, 1.82) is 0 Å². The molecule has 7 heteroatoms. The Balaban J connectivity index is 1.72. The minimum absolute atomic E-state index is 0.173. The van der Waals surface area contributed by atoms with E-state index in [1.165, 1.54) is 16.6 Å². The summed E-state index contributed by atoms with van der Waals surface area (Å²) in [6, 6.07) is 6.16. The molecule has 1 aromatic carbocycles. The van der Waals surface area contributed by atoms with Gasteiger partial charge in [0.15, 0.2) is 0 Å². The van der Waals surface area contributed by atoms with Crippen molar-refractivity contribution in [3.05, 3.63) is 29.5 Å². The van der Waals surface area contributed by atoms with Crippen molar-refractivity contribution in [2.75, 3.05) is 18.8 Å². The van der Waals surface area contributed by atoms with Crippen molar-refractivity contribution >= 4 is 26.7 Å². The number of hydrogen-bond acceptors (Lipinski definition) is 3. The monoisotopic (exact) mass is 310 g/mol. The number of aromatic amines is 1. The third kappa shape index (κ3) is 3.26. The lowest BCUT2D eigenvalue weighted by Crippen LogP contribution is -2.39. The summed E-state index contributed by atoms with van der Waals surface area (Å²) in [6.07, 6.45) is 1.40. The largest absolute Gasteiger partial charge is 0.357 e. The van der Waals surface area contributed by atoms with Crippen molar-refractivity contribution in [3.8, 4) is 0 Å². The van der Waals surface area contributed by atoms with Gasteiger partial charge in [-0.15, -0.1) is 0 Å². The number of nitrogens with one attached hydrogen (secondary N) is 1. The van der Waals surface area contributed by atoms with Gasteiger partial charge in [0.05, 0.1) is 5.75 Å². The minimum atomic E-state index is -3.85. The molecule has 0 aliphatic carbocycles. The number of aromatic nitrogens is 1. The van der Waals surface area contributed by atoms with E-state index in [1.54, 1.807) is 0 Å². The molecule has 0 saturated carbocycles. The maximum atomic E-state index is 10.7. The van der Waals surface area contributed by atoms with Gasteiger partial charge >= 0.3 is 0 Å². The van der Waals surface area contributed by atoms with Gasteiger partial charge in [0.25, 0.3) is 10.1 Å². The summed E-state index contributed by atoms with van der Waals surface area (Å²) in [4.78, 5) is 5.66. The van der Waals surface area contributed by atoms with Crippen LogP contribution in [-0.2, 0) is 23.1 Å². The third-order valence-corrected chi connectivity index (χ3v) is 4.80. The van der Waals surface area contributed by atoms with Gasteiger partial charge in [-0.2, -0.15) is 8.42 Å². The predicted octanol–water partition coefficient (Wildman–Crippen LogP) is 0.677. The molecule has 0 saturated heterocycles. The van der Waals surface area contributed by atoms with Crippen LogP contribution in [-0.4, -0.2) is 41.7 Å². The van der Waals surface area contributed by atoms with Gasteiger partial charge in [-0.1, -0.05) is 0 Å². The van der Waals surface area contributed by atoms with E-state index < -0.39 is 10.1 Å². The topological polar surface area (TPSA) is 101 Å². The first kappa shape index (κ1) is 14.5. The lowest BCUT2D eigenvalue weighted by molar-refractivity contribution is -0.254. The van der Waals surface area contributed by atoms with E-state index in [9.17, 15) is 8.42 Å². The maximum absolute atomic E-state index is 10.7. The molecule has 0 fully saturated rings. The number of rotatable bonds is 4. The van der Waals surface area contributed by atoms with Crippen LogP contribution in [0.15, 0.2) is 18.2 Å². The summed E-state index contributed by atoms with van der Waals surface area (Å²) in [5.74, 6) is -0.173. The molecule has 0 spiro atoms. The van der Waals surface area contributed by atoms with Crippen LogP contribution in [0.4, 0.5) is 5.69 Å². The van der Waals surface area contributed by atoms with Crippen molar-refractivity contribution in [2.45, 2.75) is 19.4 Å². The molecule has 1 aliphatic rings. The van der Waals surface area contributed by atoms with E-state index in [1.807, 2.05) is 6.07 Å². The Hall–Kier alpha value is -1.41. The number of quaternary nitrogens is 1. The molecule has 2 aromatic rings. The number of nitrogens with zero attached hydrogens (tertiary/aromatic N) is 1. The highest BCUT2D eigenvalue weighted by atomic mass is 32.2. The zero-order valence-electron chi connectivity index (χ0n) is 11.8. The molecule has 21 heavy (non-hydrogen) atoms. The molecule has 0 atom stereocenters. The maximum Gasteiger partial charge on any atom is 0.264 e. The zero-order chi connectivity index (χ0) is 15.0. The number of fused-ring (bicyclic) bond motifs is 3. The molecule has 5 N–H and O–H groups in total. The van der Waals surface area contributed by atoms with Crippen LogP contribution in [0.5, 0.6) is 0 Å². The van der Waals surface area contributed by atoms with Crippen LogP contribution in [0.25, 0.3) is 10.9 Å². The highest BCUT2D eigenvalue weighted by molar-refractivity contribution is 7.85. The lowest BCUT2D eigenvalue weighted by atomic mass is 10.0. The average molecular weight is 310 g/mol. The average Bonchev–Trinajstić information content (AvgIpc) is 2.74. The fourth-order valence-corrected chi connectivity index (χ4v) is 3.50. The van der Waals surface area contributed by atoms with Gasteiger partial charge in [0.1, 0.15) is 5.69 Å². The Morgan fingerprint density at radius 1 is 1.38 bits per heavy atom. The lowest BCUT2D eigenvalue weighted by Gasteiger charge is -2.26. The van der Waals surface area contributed by atoms with Crippen LogP contribution < -0.4 is 5.73 Å². The van der Waals surface area contributed by atoms with E-state index in [0.29, 0.717) is 13.0 Å². The van der Waals surface area contributed by atoms with Crippen molar-refractivity contribution in [3.63, 3.8) is 0 Å². The Morgan fingerprint density at radius 3 is 2.95 bits per heavy atom. The van der Waals surface area contributed by atoms with E-state index >= 15 is 0 Å². The van der Waals surface area contributed by atoms with Crippen LogP contribution >= 0.6 is 0 Å². The quantitative estimate of drug-likeness (QED) is 0.723. The molecule has 6 nitrogen and oxygen atoms in total. The van der Waals surface area contributed by atoms with Gasteiger partial charge in [-0.05, 0) is 31.0 Å². The Morgan fingerprint density at radius 2 is 2.19 bits per heavy atom. The highest BCUT2D eigenvalue weighted by Gasteiger charge is 2.21. The fourth-order valence-electron chi connectivity index (χ4n) is 3.01. The Labute approximate surface area is 123 Å². The Kier molecular flexibility index (Phi) is 3.75. The standard InChI is InChI=1S/C14H19N3O3S/c15-10-2-3-13-12(8-10)11-4-6-17(9-14(11)16-13)5-1-7-21(18,19)20/h2-3,8,16H,1,4-7,9,15H2,(H,18,19,20)/p+1. The SMILES string of the molecule is [NH3+]c1ccc2[nH]c3c(c2c1)CCN(CCCS(=O)(=O)O)C3. The molecule has 1 aromatic heterocycles. The van der Waals surface area contributed by atoms with Crippen molar-refractivity contribution < 1.29 is 18.7 Å². The first-order valence-corrected chi connectivity index (χ1v) is 8.66. The smallest absolute Gasteiger partial charge is 0.264 e. The molecule has 0 bridgehead atoms. The molecule has 1 aliphatic heterocycles. The van der Waals surface area contributed by atoms with Gasteiger partial charge < -0.3 is 10.7 Å². The number of hydrogen-bond donors (Lipinski definition) is 3. The summed E-state index contributed by atoms with van der Waals surface area (Å²) in [7, 11) is -3.85. The van der Waals surface area contributed by atoms with Crippen molar-refractivity contribution in [2.24, 2.45) is 0 Å². The molecule has 114 valence electrons. The molecule has 0 unspecified atom stereocenters. The Bertz CT molecular complexity index is 767. The van der Waals surface area contributed by atoms with Crippen LogP contribution in [0.2, 0.25) is 0 Å². The van der Waals surface area contributed by atoms with E-state index in [-0.39, 0.29) is 5.75 Å². The summed E-state index contributed by atoms with van der Waals surface area (Å²) >= 11 is 0. The number of benzene rings is 1. The van der Waals surface area contributed by atoms with Gasteiger partial charge in [0.2, 0.25) is 0 Å². The van der Waals surface area contributed by atoms with E-state index in [0.717, 1.165) is 30.7 Å². The second-order valence-electron chi connectivity index (χ2n) is 5.63. The molecule has 0 radical (unpaired) electrons. The zero-order valence-corrected chi connectivity index (χ0v) is 12.6. The third-order valence-electron chi connectivity index (χ3n) is 4.00. The normalized spacial score (nSPS) is 16.3. The summed E-state index contributed by atoms with van der Waals surface area (Å²) in [5, 5.41) is 1.25. The van der Waals surface area contributed by atoms with E-state index in [4.69, 9.17) is 4.55 Å². The van der Waals surface area contributed by atoms with Crippen LogP contribution in [0.3, 0.4) is 0 Å². The number of H-pyrrole nitrogens is 1. The van der Waals surface area contributed by atoms with Crippen LogP contribution in [0.1, 0.15) is 17.7 Å². The molecule has 0 amide bonds. The van der Waals surface area contributed by atoms with Gasteiger partial charge in [0, 0.05) is 41.8 Å². The minimum Gasteiger partial charge on any atom is -0.357 e. The predicted molar refractivity (Wildman–Crippen MR) is 80.9 cm³/mol. The molecular weight excluding hydrogens is 290 g/mol. The second kappa shape index (κ2) is 5.42. The van der Waals surface area contributed by atoms with Crippen LogP contribution in [0, 0.1) is 0 Å². The highest BCUT2D eigenvalue weighted by Crippen LogP contribution is 2.28. The van der Waals surface area contributed by atoms with Gasteiger partial charge in [-0.25, -0.2) is 0 Å². The summed E-state index contributed by atoms with van der Waals surface area (Å²) < 4.78 is 30.3. The summed E-state index contributed by atoms with van der Waals surface area (Å²) in [5.41, 5.74) is 8.67. The molecule has 2 heterocycles. The molecular formula is C14H20N3O3S+. The first-order valence-electron chi connectivity index (χ1n) is 7.05. The molecule has 3 rings (SSSR count). The second-order valence-corrected chi connectivity index (χ2v) is 7.20. The first-order chi connectivity index (χ1) is 9.92. The van der Waals surface area contributed by atoms with Gasteiger partial charge in [-0.3, -0.25) is 9.45 Å². The van der Waals surface area contributed by atoms with Crippen molar-refractivity contribution in [1.82, 2.24) is 9.88 Å². The van der Waals surface area contributed by atoms with E-state index in [2.05, 4.69) is 27.8 Å². The fraction of sp³-hybridized carbons (Fsp3) is 0.429.